The van der Waals surface area contributed by atoms with Crippen LogP contribution in [-0.2, 0) is 24.1 Å². The smallest absolute Gasteiger partial charge is 0.270 e. The summed E-state index contributed by atoms with van der Waals surface area (Å²) in [5.41, 5.74) is 7.34. The summed E-state index contributed by atoms with van der Waals surface area (Å²) in [4.78, 5) is 25.3. The van der Waals surface area contributed by atoms with Gasteiger partial charge in [-0.25, -0.2) is 4.39 Å². The fourth-order valence-corrected chi connectivity index (χ4v) is 3.84. The molecule has 0 fully saturated rings. The van der Waals surface area contributed by atoms with Gasteiger partial charge in [0.15, 0.2) is 0 Å². The molecule has 0 atom stereocenters. The molecule has 1 aromatic carbocycles. The SMILES string of the molecule is O=C(Cc1ccc(F)cc1)NNC(=O)c1csc2c1CCCC2. The average Bonchev–Trinajstić information content (AvgIpc) is 2.99. The number of carbonyl (C=O) groups excluding carboxylic acids is 2. The lowest BCUT2D eigenvalue weighted by Gasteiger charge is -2.13. The number of hydrogen-bond acceptors (Lipinski definition) is 3. The van der Waals surface area contributed by atoms with Crippen molar-refractivity contribution in [3.05, 3.63) is 57.0 Å². The van der Waals surface area contributed by atoms with Crippen molar-refractivity contribution in [1.82, 2.24) is 10.9 Å². The molecule has 4 nitrogen and oxygen atoms in total. The summed E-state index contributed by atoms with van der Waals surface area (Å²) in [5, 5.41) is 1.86. The number of rotatable bonds is 3. The van der Waals surface area contributed by atoms with E-state index in [1.807, 2.05) is 5.38 Å². The Labute approximate surface area is 137 Å². The number of halogens is 1. The van der Waals surface area contributed by atoms with Crippen LogP contribution >= 0.6 is 11.3 Å². The molecule has 6 heteroatoms. The van der Waals surface area contributed by atoms with Crippen LogP contribution in [-0.4, -0.2) is 11.8 Å². The van der Waals surface area contributed by atoms with Crippen molar-refractivity contribution < 1.29 is 14.0 Å². The minimum atomic E-state index is -0.343. The molecule has 3 rings (SSSR count). The zero-order valence-corrected chi connectivity index (χ0v) is 13.3. The number of aryl methyl sites for hydroxylation is 1. The van der Waals surface area contributed by atoms with Crippen LogP contribution in [0.15, 0.2) is 29.6 Å². The van der Waals surface area contributed by atoms with Gasteiger partial charge in [0.1, 0.15) is 5.82 Å². The summed E-state index contributed by atoms with van der Waals surface area (Å²) in [5.74, 6) is -0.962. The second kappa shape index (κ2) is 6.91. The Morgan fingerprint density at radius 2 is 1.83 bits per heavy atom. The summed E-state index contributed by atoms with van der Waals surface area (Å²) >= 11 is 1.61. The lowest BCUT2D eigenvalue weighted by Crippen LogP contribution is -2.42. The van der Waals surface area contributed by atoms with Crippen LogP contribution in [0.3, 0.4) is 0 Å². The lowest BCUT2D eigenvalue weighted by molar-refractivity contribution is -0.121. The Bertz CT molecular complexity index is 725. The van der Waals surface area contributed by atoms with Gasteiger partial charge in [-0.1, -0.05) is 12.1 Å². The van der Waals surface area contributed by atoms with Gasteiger partial charge in [-0.05, 0) is 48.9 Å². The maximum atomic E-state index is 12.8. The van der Waals surface area contributed by atoms with Crippen molar-refractivity contribution in [2.75, 3.05) is 0 Å². The molecule has 23 heavy (non-hydrogen) atoms. The standard InChI is InChI=1S/C17H17FN2O2S/c18-12-7-5-11(6-8-12)9-16(21)19-20-17(22)14-10-23-15-4-2-1-3-13(14)15/h5-8,10H,1-4,9H2,(H,19,21)(H,20,22). The number of amides is 2. The number of fused-ring (bicyclic) bond motifs is 1. The monoisotopic (exact) mass is 332 g/mol. The molecule has 2 aromatic rings. The number of hydrogen-bond donors (Lipinski definition) is 2. The fourth-order valence-electron chi connectivity index (χ4n) is 2.71. The molecule has 0 saturated heterocycles. The molecule has 0 radical (unpaired) electrons. The van der Waals surface area contributed by atoms with Gasteiger partial charge in [0.2, 0.25) is 5.91 Å². The first-order chi connectivity index (χ1) is 11.1. The third-order valence-corrected chi connectivity index (χ3v) is 4.99. The van der Waals surface area contributed by atoms with Crippen molar-refractivity contribution in [3.8, 4) is 0 Å². The van der Waals surface area contributed by atoms with Gasteiger partial charge < -0.3 is 0 Å². The largest absolute Gasteiger partial charge is 0.273 e. The van der Waals surface area contributed by atoms with E-state index in [9.17, 15) is 14.0 Å². The van der Waals surface area contributed by atoms with E-state index in [0.29, 0.717) is 11.1 Å². The van der Waals surface area contributed by atoms with E-state index < -0.39 is 0 Å². The molecule has 2 N–H and O–H groups in total. The Morgan fingerprint density at radius 3 is 2.61 bits per heavy atom. The van der Waals surface area contributed by atoms with Gasteiger partial charge in [0, 0.05) is 10.3 Å². The minimum absolute atomic E-state index is 0.0856. The van der Waals surface area contributed by atoms with E-state index in [0.717, 1.165) is 24.8 Å². The molecule has 0 aliphatic heterocycles. The van der Waals surface area contributed by atoms with Crippen LogP contribution < -0.4 is 10.9 Å². The quantitative estimate of drug-likeness (QED) is 0.849. The van der Waals surface area contributed by atoms with E-state index in [1.165, 1.54) is 23.4 Å². The number of nitrogens with one attached hydrogen (secondary N) is 2. The lowest BCUT2D eigenvalue weighted by atomic mass is 9.96. The van der Waals surface area contributed by atoms with E-state index in [2.05, 4.69) is 10.9 Å². The van der Waals surface area contributed by atoms with Crippen LogP contribution in [0.2, 0.25) is 0 Å². The predicted molar refractivity (Wildman–Crippen MR) is 86.7 cm³/mol. The summed E-state index contributed by atoms with van der Waals surface area (Å²) in [6, 6.07) is 5.70. The van der Waals surface area contributed by atoms with Gasteiger partial charge in [-0.2, -0.15) is 0 Å². The molecule has 1 aliphatic rings. The molecule has 1 heterocycles. The fraction of sp³-hybridized carbons (Fsp3) is 0.294. The molecule has 2 amide bonds. The van der Waals surface area contributed by atoms with Gasteiger partial charge in [0.25, 0.3) is 5.91 Å². The topological polar surface area (TPSA) is 58.2 Å². The van der Waals surface area contributed by atoms with Crippen LogP contribution in [0.4, 0.5) is 4.39 Å². The molecule has 1 aliphatic carbocycles. The third kappa shape index (κ3) is 3.76. The van der Waals surface area contributed by atoms with Crippen molar-refractivity contribution in [1.29, 1.82) is 0 Å². The number of thiophene rings is 1. The normalized spacial score (nSPS) is 13.3. The average molecular weight is 332 g/mol. The van der Waals surface area contributed by atoms with Crippen molar-refractivity contribution >= 4 is 23.2 Å². The van der Waals surface area contributed by atoms with Crippen LogP contribution in [0.5, 0.6) is 0 Å². The van der Waals surface area contributed by atoms with E-state index >= 15 is 0 Å². The highest BCUT2D eigenvalue weighted by atomic mass is 32.1. The zero-order chi connectivity index (χ0) is 16.2. The molecule has 1 aromatic heterocycles. The Hall–Kier alpha value is -2.21. The maximum Gasteiger partial charge on any atom is 0.270 e. The summed E-state index contributed by atoms with van der Waals surface area (Å²) in [6.45, 7) is 0. The van der Waals surface area contributed by atoms with E-state index in [-0.39, 0.29) is 24.1 Å². The van der Waals surface area contributed by atoms with Crippen molar-refractivity contribution in [3.63, 3.8) is 0 Å². The maximum absolute atomic E-state index is 12.8. The van der Waals surface area contributed by atoms with Gasteiger partial charge in [-0.15, -0.1) is 11.3 Å². The van der Waals surface area contributed by atoms with Gasteiger partial charge >= 0.3 is 0 Å². The number of hydrazine groups is 1. The molecular weight excluding hydrogens is 315 g/mol. The molecule has 0 bridgehead atoms. The summed E-state index contributed by atoms with van der Waals surface area (Å²) in [6.07, 6.45) is 4.31. The molecule has 0 unspecified atom stereocenters. The van der Waals surface area contributed by atoms with Crippen molar-refractivity contribution in [2.24, 2.45) is 0 Å². The highest BCUT2D eigenvalue weighted by Gasteiger charge is 2.20. The molecule has 120 valence electrons. The zero-order valence-electron chi connectivity index (χ0n) is 12.5. The van der Waals surface area contributed by atoms with Gasteiger partial charge in [-0.3, -0.25) is 20.4 Å². The molecule has 0 spiro atoms. The van der Waals surface area contributed by atoms with Crippen LogP contribution in [0, 0.1) is 5.82 Å². The van der Waals surface area contributed by atoms with Crippen LogP contribution in [0.25, 0.3) is 0 Å². The first kappa shape index (κ1) is 15.7. The Kier molecular flexibility index (Phi) is 4.71. The summed E-state index contributed by atoms with van der Waals surface area (Å²) < 4.78 is 12.8. The van der Waals surface area contributed by atoms with Gasteiger partial charge in [0.05, 0.1) is 12.0 Å². The van der Waals surface area contributed by atoms with E-state index in [1.54, 1.807) is 23.5 Å². The first-order valence-electron chi connectivity index (χ1n) is 7.56. The number of benzene rings is 1. The highest BCUT2D eigenvalue weighted by molar-refractivity contribution is 7.10. The second-order valence-electron chi connectivity index (χ2n) is 5.56. The molecular formula is C17H17FN2O2S. The van der Waals surface area contributed by atoms with Crippen LogP contribution in [0.1, 0.15) is 39.2 Å². The van der Waals surface area contributed by atoms with E-state index in [4.69, 9.17) is 0 Å². The predicted octanol–water partition coefficient (Wildman–Crippen LogP) is 2.77. The Balaban J connectivity index is 1.55. The first-order valence-corrected chi connectivity index (χ1v) is 8.44. The second-order valence-corrected chi connectivity index (χ2v) is 6.53. The Morgan fingerprint density at radius 1 is 1.09 bits per heavy atom. The number of carbonyl (C=O) groups is 2. The summed E-state index contributed by atoms with van der Waals surface area (Å²) in [7, 11) is 0. The van der Waals surface area contributed by atoms with Crippen molar-refractivity contribution in [2.45, 2.75) is 32.1 Å². The minimum Gasteiger partial charge on any atom is -0.273 e. The highest BCUT2D eigenvalue weighted by Crippen LogP contribution is 2.29. The molecule has 0 saturated carbocycles. The third-order valence-electron chi connectivity index (χ3n) is 3.90.